The molecule has 1 rings (SSSR count). The predicted octanol–water partition coefficient (Wildman–Crippen LogP) is 1.73. The van der Waals surface area contributed by atoms with E-state index >= 15 is 0 Å². The summed E-state index contributed by atoms with van der Waals surface area (Å²) in [5.41, 5.74) is 6.16. The molecule has 0 saturated heterocycles. The summed E-state index contributed by atoms with van der Waals surface area (Å²) < 4.78 is 23.4. The summed E-state index contributed by atoms with van der Waals surface area (Å²) in [5, 5.41) is 2.80. The quantitative estimate of drug-likeness (QED) is 0.802. The average Bonchev–Trinajstić information content (AvgIpc) is 2.52. The van der Waals surface area contributed by atoms with Crippen molar-refractivity contribution in [1.82, 2.24) is 5.32 Å². The Labute approximate surface area is 126 Å². The van der Waals surface area contributed by atoms with Crippen LogP contribution >= 0.6 is 0 Å². The number of hydrogen-bond donors (Lipinski definition) is 2. The number of benzene rings is 1. The molecule has 3 N–H and O–H groups in total. The van der Waals surface area contributed by atoms with Crippen LogP contribution in [0.1, 0.15) is 44.0 Å². The summed E-state index contributed by atoms with van der Waals surface area (Å²) in [6.07, 6.45) is 1.55. The molecule has 0 atom stereocenters. The molecule has 21 heavy (non-hydrogen) atoms. The molecular formula is C15H24N2O3S. The van der Waals surface area contributed by atoms with Crippen molar-refractivity contribution < 1.29 is 13.2 Å². The maximum atomic E-state index is 12.0. The minimum absolute atomic E-state index is 0.0429. The van der Waals surface area contributed by atoms with Crippen LogP contribution in [-0.4, -0.2) is 32.2 Å². The SMILES string of the molecule is CCC(N)(CC)CNC(=O)c1ccc(S(=O)(=O)CC)cc1. The molecule has 0 aromatic heterocycles. The minimum Gasteiger partial charge on any atom is -0.350 e. The van der Waals surface area contributed by atoms with Gasteiger partial charge in [-0.3, -0.25) is 4.79 Å². The van der Waals surface area contributed by atoms with E-state index in [0.29, 0.717) is 12.1 Å². The molecule has 0 spiro atoms. The highest BCUT2D eigenvalue weighted by atomic mass is 32.2. The van der Waals surface area contributed by atoms with Gasteiger partial charge in [-0.25, -0.2) is 8.42 Å². The number of nitrogens with two attached hydrogens (primary N) is 1. The van der Waals surface area contributed by atoms with Crippen molar-refractivity contribution in [3.63, 3.8) is 0 Å². The normalized spacial score (nSPS) is 12.2. The van der Waals surface area contributed by atoms with Gasteiger partial charge in [0, 0.05) is 17.6 Å². The summed E-state index contributed by atoms with van der Waals surface area (Å²) in [4.78, 5) is 12.3. The molecule has 0 fully saturated rings. The fraction of sp³-hybridized carbons (Fsp3) is 0.533. The molecule has 0 bridgehead atoms. The lowest BCUT2D eigenvalue weighted by molar-refractivity contribution is 0.0942. The molecule has 5 nitrogen and oxygen atoms in total. The van der Waals surface area contributed by atoms with E-state index in [2.05, 4.69) is 5.32 Å². The Bertz CT molecular complexity index is 575. The smallest absolute Gasteiger partial charge is 0.251 e. The summed E-state index contributed by atoms with van der Waals surface area (Å²) in [7, 11) is -3.24. The lowest BCUT2D eigenvalue weighted by Gasteiger charge is -2.26. The maximum Gasteiger partial charge on any atom is 0.251 e. The van der Waals surface area contributed by atoms with Crippen molar-refractivity contribution in [2.75, 3.05) is 12.3 Å². The molecular weight excluding hydrogens is 288 g/mol. The van der Waals surface area contributed by atoms with E-state index in [1.807, 2.05) is 13.8 Å². The lowest BCUT2D eigenvalue weighted by atomic mass is 9.94. The second-order valence-corrected chi connectivity index (χ2v) is 7.46. The third-order valence-electron chi connectivity index (χ3n) is 3.86. The van der Waals surface area contributed by atoms with E-state index < -0.39 is 15.4 Å². The molecule has 0 unspecified atom stereocenters. The van der Waals surface area contributed by atoms with E-state index in [-0.39, 0.29) is 16.6 Å². The summed E-state index contributed by atoms with van der Waals surface area (Å²) in [5.74, 6) is -0.200. The first kappa shape index (κ1) is 17.7. The van der Waals surface area contributed by atoms with Gasteiger partial charge in [0.05, 0.1) is 10.6 Å². The summed E-state index contributed by atoms with van der Waals surface area (Å²) >= 11 is 0. The van der Waals surface area contributed by atoms with Gasteiger partial charge >= 0.3 is 0 Å². The summed E-state index contributed by atoms with van der Waals surface area (Å²) in [6.45, 7) is 5.96. The van der Waals surface area contributed by atoms with E-state index in [1.165, 1.54) is 24.3 Å². The van der Waals surface area contributed by atoms with E-state index in [4.69, 9.17) is 5.73 Å². The second kappa shape index (κ2) is 7.04. The Hall–Kier alpha value is -1.40. The van der Waals surface area contributed by atoms with Crippen LogP contribution < -0.4 is 11.1 Å². The van der Waals surface area contributed by atoms with Crippen molar-refractivity contribution in [1.29, 1.82) is 0 Å². The zero-order valence-electron chi connectivity index (χ0n) is 12.8. The highest BCUT2D eigenvalue weighted by Crippen LogP contribution is 2.13. The zero-order chi connectivity index (χ0) is 16.1. The van der Waals surface area contributed by atoms with Gasteiger partial charge in [-0.2, -0.15) is 0 Å². The largest absolute Gasteiger partial charge is 0.350 e. The molecule has 0 radical (unpaired) electrons. The van der Waals surface area contributed by atoms with Gasteiger partial charge in [0.1, 0.15) is 0 Å². The van der Waals surface area contributed by atoms with Crippen LogP contribution in [0.5, 0.6) is 0 Å². The van der Waals surface area contributed by atoms with Crippen LogP contribution in [0.3, 0.4) is 0 Å². The number of hydrogen-bond acceptors (Lipinski definition) is 4. The fourth-order valence-electron chi connectivity index (χ4n) is 1.84. The van der Waals surface area contributed by atoms with Crippen LogP contribution in [0.25, 0.3) is 0 Å². The Morgan fingerprint density at radius 1 is 1.14 bits per heavy atom. The molecule has 0 aliphatic heterocycles. The molecule has 1 aromatic rings. The highest BCUT2D eigenvalue weighted by Gasteiger charge is 2.21. The molecule has 0 aliphatic rings. The average molecular weight is 312 g/mol. The Morgan fingerprint density at radius 2 is 1.67 bits per heavy atom. The van der Waals surface area contributed by atoms with Gasteiger partial charge < -0.3 is 11.1 Å². The van der Waals surface area contributed by atoms with Gasteiger partial charge in [-0.15, -0.1) is 0 Å². The van der Waals surface area contributed by atoms with Crippen molar-refractivity contribution in [3.05, 3.63) is 29.8 Å². The standard InChI is InChI=1S/C15H24N2O3S/c1-4-15(16,5-2)11-17-14(18)12-7-9-13(10-8-12)21(19,20)6-3/h7-10H,4-6,11,16H2,1-3H3,(H,17,18). The van der Waals surface area contributed by atoms with Crippen LogP contribution in [0.15, 0.2) is 29.2 Å². The van der Waals surface area contributed by atoms with Gasteiger partial charge in [0.25, 0.3) is 5.91 Å². The third kappa shape index (κ3) is 4.54. The maximum absolute atomic E-state index is 12.0. The van der Waals surface area contributed by atoms with Crippen molar-refractivity contribution in [2.24, 2.45) is 5.73 Å². The second-order valence-electron chi connectivity index (χ2n) is 5.18. The molecule has 0 heterocycles. The fourth-order valence-corrected chi connectivity index (χ4v) is 2.72. The monoisotopic (exact) mass is 312 g/mol. The van der Waals surface area contributed by atoms with Crippen molar-refractivity contribution in [2.45, 2.75) is 44.0 Å². The zero-order valence-corrected chi connectivity index (χ0v) is 13.7. The Balaban J connectivity index is 2.77. The molecule has 0 aliphatic carbocycles. The lowest BCUT2D eigenvalue weighted by Crippen LogP contribution is -2.49. The van der Waals surface area contributed by atoms with E-state index in [1.54, 1.807) is 6.92 Å². The number of sulfone groups is 1. The van der Waals surface area contributed by atoms with Crippen molar-refractivity contribution >= 4 is 15.7 Å². The number of carbonyl (C=O) groups is 1. The minimum atomic E-state index is -3.24. The van der Waals surface area contributed by atoms with Crippen LogP contribution in [0.2, 0.25) is 0 Å². The first-order valence-electron chi connectivity index (χ1n) is 7.18. The van der Waals surface area contributed by atoms with Gasteiger partial charge in [0.2, 0.25) is 0 Å². The van der Waals surface area contributed by atoms with E-state index in [0.717, 1.165) is 12.8 Å². The number of nitrogens with one attached hydrogen (secondary N) is 1. The van der Waals surface area contributed by atoms with Crippen molar-refractivity contribution in [3.8, 4) is 0 Å². The highest BCUT2D eigenvalue weighted by molar-refractivity contribution is 7.91. The van der Waals surface area contributed by atoms with Gasteiger partial charge in [0.15, 0.2) is 9.84 Å². The molecule has 118 valence electrons. The molecule has 0 saturated carbocycles. The van der Waals surface area contributed by atoms with E-state index in [9.17, 15) is 13.2 Å². The van der Waals surface area contributed by atoms with Crippen LogP contribution in [-0.2, 0) is 9.84 Å². The van der Waals surface area contributed by atoms with Gasteiger partial charge in [-0.05, 0) is 37.1 Å². The number of carbonyl (C=O) groups excluding carboxylic acids is 1. The van der Waals surface area contributed by atoms with Gasteiger partial charge in [-0.1, -0.05) is 20.8 Å². The van der Waals surface area contributed by atoms with Crippen LogP contribution in [0.4, 0.5) is 0 Å². The first-order valence-corrected chi connectivity index (χ1v) is 8.83. The topological polar surface area (TPSA) is 89.3 Å². The Morgan fingerprint density at radius 3 is 2.10 bits per heavy atom. The Kier molecular flexibility index (Phi) is 5.92. The first-order chi connectivity index (χ1) is 9.78. The number of amides is 1. The predicted molar refractivity (Wildman–Crippen MR) is 84.0 cm³/mol. The molecule has 1 amide bonds. The summed E-state index contributed by atoms with van der Waals surface area (Å²) in [6, 6.07) is 5.97. The number of rotatable bonds is 7. The molecule has 1 aromatic carbocycles. The third-order valence-corrected chi connectivity index (χ3v) is 5.62. The van der Waals surface area contributed by atoms with Crippen LogP contribution in [0, 0.1) is 0 Å². The molecule has 6 heteroatoms.